The molecule has 2 aromatic carbocycles. The summed E-state index contributed by atoms with van der Waals surface area (Å²) in [5, 5.41) is 5.03. The van der Waals surface area contributed by atoms with Gasteiger partial charge in [0.1, 0.15) is 0 Å². The summed E-state index contributed by atoms with van der Waals surface area (Å²) in [5.41, 5.74) is 0.807. The van der Waals surface area contributed by atoms with Gasteiger partial charge in [-0.3, -0.25) is 4.79 Å². The number of fused-ring (bicyclic) bond motifs is 1. The van der Waals surface area contributed by atoms with Crippen LogP contribution in [0.25, 0.3) is 10.8 Å². The number of hydrogen-bond acceptors (Lipinski definition) is 1. The molecule has 2 rings (SSSR count). The Morgan fingerprint density at radius 1 is 1.20 bits per heavy atom. The van der Waals surface area contributed by atoms with E-state index in [-0.39, 0.29) is 5.91 Å². The van der Waals surface area contributed by atoms with Gasteiger partial charge in [-0.1, -0.05) is 30.3 Å². The van der Waals surface area contributed by atoms with Gasteiger partial charge < -0.3 is 5.32 Å². The Morgan fingerprint density at radius 3 is 2.67 bits per heavy atom. The fourth-order valence-electron chi connectivity index (χ4n) is 1.52. The summed E-state index contributed by atoms with van der Waals surface area (Å²) in [6.45, 7) is 1.50. The quantitative estimate of drug-likeness (QED) is 0.838. The van der Waals surface area contributed by atoms with Gasteiger partial charge >= 0.3 is 0 Å². The minimum Gasteiger partial charge on any atom is -0.325 e. The van der Waals surface area contributed by atoms with Crippen LogP contribution >= 0.6 is 15.9 Å². The molecule has 0 aromatic heterocycles. The normalized spacial score (nSPS) is 10.3. The molecule has 15 heavy (non-hydrogen) atoms. The number of benzene rings is 2. The molecule has 76 valence electrons. The molecule has 3 heteroatoms. The number of rotatable bonds is 1. The lowest BCUT2D eigenvalue weighted by Crippen LogP contribution is -2.06. The zero-order valence-corrected chi connectivity index (χ0v) is 9.84. The van der Waals surface area contributed by atoms with Crippen LogP contribution in [0.1, 0.15) is 6.92 Å². The molecule has 0 saturated carbocycles. The van der Waals surface area contributed by atoms with Crippen LogP contribution in [0.15, 0.2) is 40.9 Å². The Labute approximate surface area is 96.4 Å². The van der Waals surface area contributed by atoms with Crippen LogP contribution in [0.4, 0.5) is 5.69 Å². The van der Waals surface area contributed by atoms with Crippen molar-refractivity contribution in [3.8, 4) is 0 Å². The molecule has 1 N–H and O–H groups in total. The Bertz CT molecular complexity index is 522. The summed E-state index contributed by atoms with van der Waals surface area (Å²) in [7, 11) is 0. The Balaban J connectivity index is 2.59. The van der Waals surface area contributed by atoms with Gasteiger partial charge in [0.15, 0.2) is 0 Å². The molecule has 0 fully saturated rings. The Hall–Kier alpha value is -1.35. The predicted octanol–water partition coefficient (Wildman–Crippen LogP) is 3.56. The largest absolute Gasteiger partial charge is 0.325 e. The highest BCUT2D eigenvalue weighted by Crippen LogP contribution is 2.31. The highest BCUT2D eigenvalue weighted by Gasteiger charge is 2.05. The third kappa shape index (κ3) is 2.02. The first-order valence-corrected chi connectivity index (χ1v) is 5.42. The second-order valence-electron chi connectivity index (χ2n) is 3.33. The van der Waals surface area contributed by atoms with E-state index in [0.717, 1.165) is 20.9 Å². The van der Waals surface area contributed by atoms with Crippen LogP contribution in [0, 0.1) is 0 Å². The van der Waals surface area contributed by atoms with Gasteiger partial charge in [-0.15, -0.1) is 0 Å². The lowest BCUT2D eigenvalue weighted by molar-refractivity contribution is -0.114. The zero-order valence-electron chi connectivity index (χ0n) is 8.25. The molecule has 0 unspecified atom stereocenters. The smallest absolute Gasteiger partial charge is 0.221 e. The number of anilines is 1. The van der Waals surface area contributed by atoms with Crippen LogP contribution < -0.4 is 5.32 Å². The van der Waals surface area contributed by atoms with Crippen molar-refractivity contribution in [2.45, 2.75) is 6.92 Å². The molecule has 0 aliphatic rings. The summed E-state index contributed by atoms with van der Waals surface area (Å²) < 4.78 is 0.927. The predicted molar refractivity (Wildman–Crippen MR) is 66.0 cm³/mol. The SMILES string of the molecule is CC(=O)Nc1ccc2ccccc2c1Br. The maximum Gasteiger partial charge on any atom is 0.221 e. The molecule has 0 aliphatic carbocycles. The van der Waals surface area contributed by atoms with E-state index in [1.165, 1.54) is 6.92 Å². The van der Waals surface area contributed by atoms with E-state index in [2.05, 4.69) is 21.2 Å². The third-order valence-corrected chi connectivity index (χ3v) is 3.03. The molecule has 0 heterocycles. The van der Waals surface area contributed by atoms with E-state index in [1.807, 2.05) is 36.4 Å². The van der Waals surface area contributed by atoms with Crippen LogP contribution in [-0.4, -0.2) is 5.91 Å². The second kappa shape index (κ2) is 4.03. The van der Waals surface area contributed by atoms with Crippen molar-refractivity contribution in [2.75, 3.05) is 5.32 Å². The lowest BCUT2D eigenvalue weighted by Gasteiger charge is -2.07. The van der Waals surface area contributed by atoms with Crippen molar-refractivity contribution in [3.05, 3.63) is 40.9 Å². The average molecular weight is 264 g/mol. The van der Waals surface area contributed by atoms with Crippen molar-refractivity contribution in [2.24, 2.45) is 0 Å². The maximum absolute atomic E-state index is 11.0. The first-order valence-electron chi connectivity index (χ1n) is 4.63. The van der Waals surface area contributed by atoms with Gasteiger partial charge in [-0.05, 0) is 32.8 Å². The summed E-state index contributed by atoms with van der Waals surface area (Å²) in [5.74, 6) is -0.0639. The van der Waals surface area contributed by atoms with Gasteiger partial charge in [-0.25, -0.2) is 0 Å². The Morgan fingerprint density at radius 2 is 1.93 bits per heavy atom. The van der Waals surface area contributed by atoms with Gasteiger partial charge in [-0.2, -0.15) is 0 Å². The average Bonchev–Trinajstić information content (AvgIpc) is 2.22. The number of carbonyl (C=O) groups is 1. The van der Waals surface area contributed by atoms with E-state index in [1.54, 1.807) is 0 Å². The molecule has 0 radical (unpaired) electrons. The molecule has 1 amide bonds. The van der Waals surface area contributed by atoms with E-state index in [9.17, 15) is 4.79 Å². The van der Waals surface area contributed by atoms with E-state index < -0.39 is 0 Å². The molecule has 0 atom stereocenters. The van der Waals surface area contributed by atoms with E-state index >= 15 is 0 Å². The van der Waals surface area contributed by atoms with Crippen LogP contribution in [0.2, 0.25) is 0 Å². The lowest BCUT2D eigenvalue weighted by atomic mass is 10.1. The number of amides is 1. The van der Waals surface area contributed by atoms with E-state index in [4.69, 9.17) is 0 Å². The standard InChI is InChI=1S/C12H10BrNO/c1-8(15)14-11-7-6-9-4-2-3-5-10(9)12(11)13/h2-7H,1H3,(H,14,15). The fraction of sp³-hybridized carbons (Fsp3) is 0.0833. The van der Waals surface area contributed by atoms with Crippen molar-refractivity contribution >= 4 is 38.3 Å². The second-order valence-corrected chi connectivity index (χ2v) is 4.12. The summed E-state index contributed by atoms with van der Waals surface area (Å²) >= 11 is 3.50. The summed E-state index contributed by atoms with van der Waals surface area (Å²) in [6.07, 6.45) is 0. The molecule has 2 nitrogen and oxygen atoms in total. The molecule has 0 aliphatic heterocycles. The monoisotopic (exact) mass is 263 g/mol. The van der Waals surface area contributed by atoms with Crippen molar-refractivity contribution in [1.82, 2.24) is 0 Å². The molecular weight excluding hydrogens is 254 g/mol. The third-order valence-electron chi connectivity index (χ3n) is 2.17. The number of nitrogens with one attached hydrogen (secondary N) is 1. The molecule has 0 spiro atoms. The fourth-order valence-corrected chi connectivity index (χ4v) is 2.11. The van der Waals surface area contributed by atoms with Gasteiger partial charge in [0.2, 0.25) is 5.91 Å². The highest BCUT2D eigenvalue weighted by atomic mass is 79.9. The Kier molecular flexibility index (Phi) is 2.73. The van der Waals surface area contributed by atoms with Gasteiger partial charge in [0, 0.05) is 11.4 Å². The van der Waals surface area contributed by atoms with Gasteiger partial charge in [0.05, 0.1) is 5.69 Å². The number of hydrogen-bond donors (Lipinski definition) is 1. The summed E-state index contributed by atoms with van der Waals surface area (Å²) in [4.78, 5) is 11.0. The molecular formula is C12H10BrNO. The first-order chi connectivity index (χ1) is 7.18. The maximum atomic E-state index is 11.0. The minimum absolute atomic E-state index is 0.0639. The molecule has 0 saturated heterocycles. The molecule has 2 aromatic rings. The minimum atomic E-state index is -0.0639. The van der Waals surface area contributed by atoms with Crippen molar-refractivity contribution < 1.29 is 4.79 Å². The van der Waals surface area contributed by atoms with E-state index in [0.29, 0.717) is 0 Å². The van der Waals surface area contributed by atoms with Gasteiger partial charge in [0.25, 0.3) is 0 Å². The van der Waals surface area contributed by atoms with Crippen molar-refractivity contribution in [3.63, 3.8) is 0 Å². The molecule has 0 bridgehead atoms. The van der Waals surface area contributed by atoms with Crippen LogP contribution in [0.5, 0.6) is 0 Å². The topological polar surface area (TPSA) is 29.1 Å². The first kappa shape index (κ1) is 10.2. The highest BCUT2D eigenvalue weighted by molar-refractivity contribution is 9.10. The van der Waals surface area contributed by atoms with Crippen LogP contribution in [0.3, 0.4) is 0 Å². The zero-order chi connectivity index (χ0) is 10.8. The summed E-state index contributed by atoms with van der Waals surface area (Å²) in [6, 6.07) is 11.9. The number of halogens is 1. The van der Waals surface area contributed by atoms with Crippen LogP contribution in [-0.2, 0) is 4.79 Å². The van der Waals surface area contributed by atoms with Crippen molar-refractivity contribution in [1.29, 1.82) is 0 Å². The number of carbonyl (C=O) groups excluding carboxylic acids is 1.